The van der Waals surface area contributed by atoms with Crippen molar-refractivity contribution in [2.75, 3.05) is 25.5 Å². The fourth-order valence-electron chi connectivity index (χ4n) is 3.61. The highest BCUT2D eigenvalue weighted by atomic mass is 35.5. The van der Waals surface area contributed by atoms with Crippen LogP contribution in [0.4, 0.5) is 5.69 Å². The predicted molar refractivity (Wildman–Crippen MR) is 124 cm³/mol. The molecule has 0 radical (unpaired) electrons. The molecule has 31 heavy (non-hydrogen) atoms. The second-order valence-corrected chi connectivity index (χ2v) is 10.6. The minimum atomic E-state index is -3.84. The first-order valence-electron chi connectivity index (χ1n) is 10.1. The van der Waals surface area contributed by atoms with Gasteiger partial charge in [0.15, 0.2) is 0 Å². The number of amides is 1. The maximum atomic E-state index is 13.4. The van der Waals surface area contributed by atoms with Crippen LogP contribution >= 0.6 is 23.2 Å². The van der Waals surface area contributed by atoms with E-state index in [1.54, 1.807) is 30.3 Å². The van der Waals surface area contributed by atoms with E-state index in [4.69, 9.17) is 27.9 Å². The number of ether oxygens (including phenoxy) is 1. The maximum Gasteiger partial charge on any atom is 0.246 e. The summed E-state index contributed by atoms with van der Waals surface area (Å²) in [5.41, 5.74) is 1.24. The maximum absolute atomic E-state index is 13.4. The normalized spacial score (nSPS) is 17.5. The number of methoxy groups -OCH3 is 1. The summed E-state index contributed by atoms with van der Waals surface area (Å²) in [4.78, 5) is 13.0. The van der Waals surface area contributed by atoms with Crippen molar-refractivity contribution in [2.45, 2.75) is 37.5 Å². The van der Waals surface area contributed by atoms with Crippen LogP contribution in [0.2, 0.25) is 10.0 Å². The fourth-order valence-corrected chi connectivity index (χ4v) is 5.82. The predicted octanol–water partition coefficient (Wildman–Crippen LogP) is 5.16. The van der Waals surface area contributed by atoms with Crippen molar-refractivity contribution in [3.63, 3.8) is 0 Å². The summed E-state index contributed by atoms with van der Waals surface area (Å²) in [5.74, 6) is -0.369. The molecule has 2 aromatic rings. The highest BCUT2D eigenvalue weighted by molar-refractivity contribution is 7.89. The van der Waals surface area contributed by atoms with Gasteiger partial charge in [-0.2, -0.15) is 4.31 Å². The number of anilines is 1. The minimum Gasteiger partial charge on any atom is -0.495 e. The van der Waals surface area contributed by atoms with Crippen LogP contribution < -0.4 is 10.1 Å². The Morgan fingerprint density at radius 3 is 2.48 bits per heavy atom. The zero-order valence-electron chi connectivity index (χ0n) is 17.7. The Labute approximate surface area is 193 Å². The van der Waals surface area contributed by atoms with Crippen LogP contribution in [0, 0.1) is 5.92 Å². The second kappa shape index (κ2) is 9.77. The van der Waals surface area contributed by atoms with Crippen LogP contribution in [-0.2, 0) is 14.8 Å². The fraction of sp³-hybridized carbons (Fsp3) is 0.409. The minimum absolute atomic E-state index is 0.0747. The first-order chi connectivity index (χ1) is 14.6. The van der Waals surface area contributed by atoms with Crippen molar-refractivity contribution in [2.24, 2.45) is 5.92 Å². The molecule has 1 aliphatic heterocycles. The van der Waals surface area contributed by atoms with Crippen molar-refractivity contribution in [3.8, 4) is 5.75 Å². The molecule has 1 heterocycles. The zero-order valence-corrected chi connectivity index (χ0v) is 20.0. The van der Waals surface area contributed by atoms with Crippen molar-refractivity contribution < 1.29 is 17.9 Å². The number of nitrogens with zero attached hydrogens (tertiary/aromatic N) is 1. The van der Waals surface area contributed by atoms with E-state index in [0.717, 1.165) is 5.56 Å². The monoisotopic (exact) mass is 484 g/mol. The second-order valence-electron chi connectivity index (χ2n) is 7.85. The first kappa shape index (κ1) is 23.9. The summed E-state index contributed by atoms with van der Waals surface area (Å²) in [6.45, 7) is 4.41. The van der Waals surface area contributed by atoms with Gasteiger partial charge in [-0.3, -0.25) is 4.79 Å². The number of benzene rings is 2. The molecule has 0 aromatic heterocycles. The molecule has 1 aliphatic rings. The van der Waals surface area contributed by atoms with Crippen LogP contribution in [0.15, 0.2) is 41.3 Å². The van der Waals surface area contributed by atoms with Crippen LogP contribution in [0.1, 0.15) is 38.2 Å². The summed E-state index contributed by atoms with van der Waals surface area (Å²) in [6, 6.07) is 10.2. The molecule has 1 atom stereocenters. The molecule has 1 saturated heterocycles. The van der Waals surface area contributed by atoms with Gasteiger partial charge in [-0.15, -0.1) is 0 Å². The van der Waals surface area contributed by atoms with Crippen LogP contribution in [0.5, 0.6) is 5.75 Å². The van der Waals surface area contributed by atoms with Crippen molar-refractivity contribution >= 4 is 44.8 Å². The van der Waals surface area contributed by atoms with Gasteiger partial charge in [0.2, 0.25) is 15.9 Å². The van der Waals surface area contributed by atoms with Crippen LogP contribution in [-0.4, -0.2) is 38.8 Å². The molecular weight excluding hydrogens is 459 g/mol. The zero-order chi connectivity index (χ0) is 22.8. The van der Waals surface area contributed by atoms with Crippen molar-refractivity contribution in [3.05, 3.63) is 52.0 Å². The van der Waals surface area contributed by atoms with Gasteiger partial charge in [0.05, 0.1) is 28.8 Å². The highest BCUT2D eigenvalue weighted by Gasteiger charge is 2.35. The smallest absolute Gasteiger partial charge is 0.246 e. The molecule has 0 spiro atoms. The molecule has 168 valence electrons. The first-order valence-corrected chi connectivity index (χ1v) is 12.3. The number of carbonyl (C=O) groups is 1. The molecule has 2 aromatic carbocycles. The lowest BCUT2D eigenvalue weighted by atomic mass is 9.98. The standard InChI is InChI=1S/C22H26Cl2N2O4S/c1-14(2)15-9-10-19(30-3)20(12-15)31(28,29)26-11-5-6-16(13-26)22(27)25-21-17(23)7-4-8-18(21)24/h4,7-10,12,14,16H,5-6,11,13H2,1-3H3,(H,25,27)/t16-/m0/s1. The molecule has 3 rings (SSSR count). The number of rotatable bonds is 6. The van der Waals surface area contributed by atoms with E-state index in [2.05, 4.69) is 5.32 Å². The molecule has 1 N–H and O–H groups in total. The third kappa shape index (κ3) is 5.17. The number of piperidine rings is 1. The van der Waals surface area contributed by atoms with E-state index in [9.17, 15) is 13.2 Å². The molecule has 0 unspecified atom stereocenters. The van der Waals surface area contributed by atoms with Gasteiger partial charge in [0.25, 0.3) is 0 Å². The van der Waals surface area contributed by atoms with Gasteiger partial charge in [-0.1, -0.05) is 49.2 Å². The average molecular weight is 485 g/mol. The number of halogens is 2. The van der Waals surface area contributed by atoms with Gasteiger partial charge < -0.3 is 10.1 Å². The van der Waals surface area contributed by atoms with E-state index >= 15 is 0 Å². The highest BCUT2D eigenvalue weighted by Crippen LogP contribution is 2.34. The Bertz CT molecular complexity index is 1050. The van der Waals surface area contributed by atoms with E-state index in [0.29, 0.717) is 40.9 Å². The number of hydrogen-bond donors (Lipinski definition) is 1. The lowest BCUT2D eigenvalue weighted by Crippen LogP contribution is -2.43. The van der Waals surface area contributed by atoms with Crippen molar-refractivity contribution in [1.29, 1.82) is 0 Å². The van der Waals surface area contributed by atoms with E-state index in [1.807, 2.05) is 19.9 Å². The van der Waals surface area contributed by atoms with Crippen molar-refractivity contribution in [1.82, 2.24) is 4.31 Å². The molecule has 1 fully saturated rings. The SMILES string of the molecule is COc1ccc(C(C)C)cc1S(=O)(=O)N1CCC[C@H](C(=O)Nc2c(Cl)cccc2Cl)C1. The number of hydrogen-bond acceptors (Lipinski definition) is 4. The average Bonchev–Trinajstić information content (AvgIpc) is 2.75. The molecule has 1 amide bonds. The third-order valence-corrected chi connectivity index (χ3v) is 7.95. The summed E-state index contributed by atoms with van der Waals surface area (Å²) in [6.07, 6.45) is 1.14. The largest absolute Gasteiger partial charge is 0.495 e. The number of nitrogens with one attached hydrogen (secondary N) is 1. The van der Waals surface area contributed by atoms with Gasteiger partial charge in [-0.05, 0) is 48.6 Å². The van der Waals surface area contributed by atoms with E-state index in [1.165, 1.54) is 11.4 Å². The number of sulfonamides is 1. The molecule has 9 heteroatoms. The van der Waals surface area contributed by atoms with Gasteiger partial charge in [-0.25, -0.2) is 8.42 Å². The Balaban J connectivity index is 1.84. The topological polar surface area (TPSA) is 75.7 Å². The summed E-state index contributed by atoms with van der Waals surface area (Å²) in [5, 5.41) is 3.42. The lowest BCUT2D eigenvalue weighted by Gasteiger charge is -2.31. The van der Waals surface area contributed by atoms with Crippen LogP contribution in [0.25, 0.3) is 0 Å². The molecule has 6 nitrogen and oxygen atoms in total. The van der Waals surface area contributed by atoms with Gasteiger partial charge in [0, 0.05) is 13.1 Å². The summed E-state index contributed by atoms with van der Waals surface area (Å²) in [7, 11) is -2.39. The summed E-state index contributed by atoms with van der Waals surface area (Å²) < 4.78 is 33.6. The Morgan fingerprint density at radius 1 is 1.19 bits per heavy atom. The quantitative estimate of drug-likeness (QED) is 0.613. The van der Waals surface area contributed by atoms with Gasteiger partial charge in [0.1, 0.15) is 10.6 Å². The molecular formula is C22H26Cl2N2O4S. The Hall–Kier alpha value is -1.80. The Morgan fingerprint density at radius 2 is 1.87 bits per heavy atom. The lowest BCUT2D eigenvalue weighted by molar-refractivity contribution is -0.120. The summed E-state index contributed by atoms with van der Waals surface area (Å²) >= 11 is 12.3. The van der Waals surface area contributed by atoms with Crippen LogP contribution in [0.3, 0.4) is 0 Å². The number of para-hydroxylation sites is 1. The Kier molecular flexibility index (Phi) is 7.52. The number of carbonyl (C=O) groups excluding carboxylic acids is 1. The molecule has 0 aliphatic carbocycles. The molecule has 0 bridgehead atoms. The van der Waals surface area contributed by atoms with E-state index < -0.39 is 15.9 Å². The third-order valence-electron chi connectivity index (χ3n) is 5.44. The van der Waals surface area contributed by atoms with Gasteiger partial charge >= 0.3 is 0 Å². The molecule has 0 saturated carbocycles. The van der Waals surface area contributed by atoms with E-state index in [-0.39, 0.29) is 23.3 Å².